The standard InChI is InChI=1S/C30H36N4O2/c1-19-24(6-4-8-27(19)31-3)25-7-5-9-28(20(25)2)34-30(35)29-16-26(21-10-11-21)22(18-33-29)17-32-23-12-14-36-15-13-23/h4-9,16,18,21,23,31-32H,10-15,17H2,1-3H3,(H,34,35). The second kappa shape index (κ2) is 10.8. The van der Waals surface area contributed by atoms with Gasteiger partial charge in [0.05, 0.1) is 0 Å². The number of amides is 1. The summed E-state index contributed by atoms with van der Waals surface area (Å²) >= 11 is 0. The predicted octanol–water partition coefficient (Wildman–Crippen LogP) is 5.81. The lowest BCUT2D eigenvalue weighted by molar-refractivity contribution is 0.0775. The SMILES string of the molecule is CNc1cccc(-c2cccc(NC(=O)c3cc(C4CC4)c(CNC4CCOCC4)cn3)c2C)c1C. The molecule has 188 valence electrons. The second-order valence-corrected chi connectivity index (χ2v) is 9.97. The van der Waals surface area contributed by atoms with Crippen LogP contribution in [0.15, 0.2) is 48.7 Å². The highest BCUT2D eigenvalue weighted by Crippen LogP contribution is 2.42. The van der Waals surface area contributed by atoms with Crippen LogP contribution in [0, 0.1) is 13.8 Å². The first-order valence-electron chi connectivity index (χ1n) is 13.0. The van der Waals surface area contributed by atoms with Crippen LogP contribution in [0.3, 0.4) is 0 Å². The molecular formula is C30H36N4O2. The van der Waals surface area contributed by atoms with Crippen molar-refractivity contribution in [2.24, 2.45) is 0 Å². The summed E-state index contributed by atoms with van der Waals surface area (Å²) in [6.07, 6.45) is 6.35. The third-order valence-electron chi connectivity index (χ3n) is 7.55. The predicted molar refractivity (Wildman–Crippen MR) is 146 cm³/mol. The Hall–Kier alpha value is -3.22. The molecular weight excluding hydrogens is 448 g/mol. The van der Waals surface area contributed by atoms with Crippen LogP contribution in [0.5, 0.6) is 0 Å². The van der Waals surface area contributed by atoms with Gasteiger partial charge in [0.15, 0.2) is 0 Å². The Bertz CT molecular complexity index is 1250. The fourth-order valence-corrected chi connectivity index (χ4v) is 5.15. The summed E-state index contributed by atoms with van der Waals surface area (Å²) in [6, 6.07) is 14.8. The van der Waals surface area contributed by atoms with Gasteiger partial charge in [0.2, 0.25) is 0 Å². The molecule has 2 aromatic carbocycles. The molecule has 3 aromatic rings. The van der Waals surface area contributed by atoms with Gasteiger partial charge in [-0.05, 0) is 97.0 Å². The number of rotatable bonds is 8. The van der Waals surface area contributed by atoms with E-state index in [-0.39, 0.29) is 5.91 Å². The van der Waals surface area contributed by atoms with Crippen molar-refractivity contribution >= 4 is 17.3 Å². The third kappa shape index (κ3) is 5.30. The van der Waals surface area contributed by atoms with Crippen LogP contribution in [0.25, 0.3) is 11.1 Å². The molecule has 1 aromatic heterocycles. The van der Waals surface area contributed by atoms with Gasteiger partial charge in [-0.15, -0.1) is 0 Å². The highest BCUT2D eigenvalue weighted by atomic mass is 16.5. The van der Waals surface area contributed by atoms with Gasteiger partial charge in [-0.1, -0.05) is 24.3 Å². The van der Waals surface area contributed by atoms with Gasteiger partial charge in [-0.25, -0.2) is 0 Å². The molecule has 0 atom stereocenters. The van der Waals surface area contributed by atoms with E-state index in [1.54, 1.807) is 0 Å². The molecule has 2 heterocycles. The Morgan fingerprint density at radius 2 is 1.64 bits per heavy atom. The Kier molecular flexibility index (Phi) is 7.35. The topological polar surface area (TPSA) is 75.3 Å². The quantitative estimate of drug-likeness (QED) is 0.376. The van der Waals surface area contributed by atoms with Crippen molar-refractivity contribution in [1.82, 2.24) is 10.3 Å². The maximum Gasteiger partial charge on any atom is 0.274 e. The van der Waals surface area contributed by atoms with Gasteiger partial charge >= 0.3 is 0 Å². The number of pyridine rings is 1. The highest BCUT2D eigenvalue weighted by Gasteiger charge is 2.28. The lowest BCUT2D eigenvalue weighted by Gasteiger charge is -2.23. The van der Waals surface area contributed by atoms with E-state index in [0.29, 0.717) is 17.7 Å². The number of carbonyl (C=O) groups excluding carboxylic acids is 1. The minimum Gasteiger partial charge on any atom is -0.388 e. The molecule has 1 aliphatic carbocycles. The molecule has 1 saturated heterocycles. The van der Waals surface area contributed by atoms with E-state index >= 15 is 0 Å². The van der Waals surface area contributed by atoms with Gasteiger partial charge in [-0.2, -0.15) is 0 Å². The fourth-order valence-electron chi connectivity index (χ4n) is 5.15. The lowest BCUT2D eigenvalue weighted by Crippen LogP contribution is -2.34. The van der Waals surface area contributed by atoms with Gasteiger partial charge in [0, 0.05) is 50.4 Å². The molecule has 5 rings (SSSR count). The number of nitrogens with one attached hydrogen (secondary N) is 3. The van der Waals surface area contributed by atoms with Crippen LogP contribution in [0.4, 0.5) is 11.4 Å². The van der Waals surface area contributed by atoms with E-state index in [2.05, 4.69) is 59.0 Å². The number of aromatic nitrogens is 1. The van der Waals surface area contributed by atoms with Crippen molar-refractivity contribution in [3.8, 4) is 11.1 Å². The first-order chi connectivity index (χ1) is 17.5. The maximum atomic E-state index is 13.3. The molecule has 0 radical (unpaired) electrons. The number of benzene rings is 2. The van der Waals surface area contributed by atoms with E-state index < -0.39 is 0 Å². The van der Waals surface area contributed by atoms with E-state index in [1.165, 1.54) is 29.5 Å². The number of hydrogen-bond acceptors (Lipinski definition) is 5. The summed E-state index contributed by atoms with van der Waals surface area (Å²) in [5.41, 5.74) is 9.36. The van der Waals surface area contributed by atoms with Crippen molar-refractivity contribution in [2.75, 3.05) is 30.9 Å². The largest absolute Gasteiger partial charge is 0.388 e. The Morgan fingerprint density at radius 3 is 2.31 bits per heavy atom. The normalized spacial score (nSPS) is 16.1. The Labute approximate surface area is 213 Å². The van der Waals surface area contributed by atoms with E-state index in [1.807, 2.05) is 31.4 Å². The van der Waals surface area contributed by atoms with Crippen LogP contribution in [-0.2, 0) is 11.3 Å². The molecule has 1 aliphatic heterocycles. The molecule has 1 amide bonds. The van der Waals surface area contributed by atoms with Gasteiger partial charge in [0.25, 0.3) is 5.91 Å². The Morgan fingerprint density at radius 1 is 0.972 bits per heavy atom. The van der Waals surface area contributed by atoms with Crippen LogP contribution in [-0.4, -0.2) is 37.2 Å². The number of anilines is 2. The lowest BCUT2D eigenvalue weighted by atomic mass is 9.94. The van der Waals surface area contributed by atoms with Crippen LogP contribution in [0.1, 0.15) is 64.3 Å². The molecule has 3 N–H and O–H groups in total. The monoisotopic (exact) mass is 484 g/mol. The Balaban J connectivity index is 1.34. The smallest absolute Gasteiger partial charge is 0.274 e. The van der Waals surface area contributed by atoms with E-state index in [9.17, 15) is 4.79 Å². The van der Waals surface area contributed by atoms with E-state index in [4.69, 9.17) is 4.74 Å². The molecule has 2 fully saturated rings. The van der Waals surface area contributed by atoms with Crippen molar-refractivity contribution < 1.29 is 9.53 Å². The molecule has 36 heavy (non-hydrogen) atoms. The van der Waals surface area contributed by atoms with Gasteiger partial charge in [-0.3, -0.25) is 9.78 Å². The average Bonchev–Trinajstić information content (AvgIpc) is 3.75. The van der Waals surface area contributed by atoms with Crippen molar-refractivity contribution in [3.63, 3.8) is 0 Å². The van der Waals surface area contributed by atoms with E-state index in [0.717, 1.165) is 60.7 Å². The molecule has 0 bridgehead atoms. The molecule has 0 spiro atoms. The average molecular weight is 485 g/mol. The van der Waals surface area contributed by atoms with Gasteiger partial charge in [0.1, 0.15) is 5.69 Å². The van der Waals surface area contributed by atoms with Crippen molar-refractivity contribution in [3.05, 3.63) is 76.6 Å². The summed E-state index contributed by atoms with van der Waals surface area (Å²) in [7, 11) is 1.94. The first-order valence-corrected chi connectivity index (χ1v) is 13.0. The number of ether oxygens (including phenoxy) is 1. The van der Waals surface area contributed by atoms with Gasteiger partial charge < -0.3 is 20.7 Å². The zero-order chi connectivity index (χ0) is 25.1. The van der Waals surface area contributed by atoms with Crippen LogP contribution >= 0.6 is 0 Å². The minimum atomic E-state index is -0.165. The van der Waals surface area contributed by atoms with Crippen molar-refractivity contribution in [1.29, 1.82) is 0 Å². The molecule has 0 unspecified atom stereocenters. The first kappa shape index (κ1) is 24.5. The molecule has 6 nitrogen and oxygen atoms in total. The van der Waals surface area contributed by atoms with Crippen molar-refractivity contribution in [2.45, 2.75) is 58.0 Å². The summed E-state index contributed by atoms with van der Waals surface area (Å²) < 4.78 is 5.47. The fraction of sp³-hybridized carbons (Fsp3) is 0.400. The number of hydrogen-bond donors (Lipinski definition) is 3. The maximum absolute atomic E-state index is 13.3. The summed E-state index contributed by atoms with van der Waals surface area (Å²) in [5, 5.41) is 10.1. The molecule has 6 heteroatoms. The molecule has 1 saturated carbocycles. The number of nitrogens with zero attached hydrogens (tertiary/aromatic N) is 1. The highest BCUT2D eigenvalue weighted by molar-refractivity contribution is 6.04. The molecule has 2 aliphatic rings. The minimum absolute atomic E-state index is 0.165. The van der Waals surface area contributed by atoms with Crippen LogP contribution < -0.4 is 16.0 Å². The summed E-state index contributed by atoms with van der Waals surface area (Å²) in [4.78, 5) is 17.9. The summed E-state index contributed by atoms with van der Waals surface area (Å²) in [5.74, 6) is 0.375. The summed E-state index contributed by atoms with van der Waals surface area (Å²) in [6.45, 7) is 6.62. The number of carbonyl (C=O) groups is 1. The zero-order valence-corrected chi connectivity index (χ0v) is 21.5. The third-order valence-corrected chi connectivity index (χ3v) is 7.55. The zero-order valence-electron chi connectivity index (χ0n) is 21.5. The second-order valence-electron chi connectivity index (χ2n) is 9.97. The van der Waals surface area contributed by atoms with Crippen LogP contribution in [0.2, 0.25) is 0 Å².